The molecule has 1 aromatic heterocycles. The molecule has 13 heavy (non-hydrogen) atoms. The van der Waals surface area contributed by atoms with E-state index in [0.29, 0.717) is 13.1 Å². The molecule has 1 heterocycles. The zero-order valence-corrected chi connectivity index (χ0v) is 7.14. The average Bonchev–Trinajstić information content (AvgIpc) is 2.48. The van der Waals surface area contributed by atoms with Crippen molar-refractivity contribution in [3.05, 3.63) is 16.3 Å². The van der Waals surface area contributed by atoms with Gasteiger partial charge in [0, 0.05) is 6.54 Å². The molecule has 0 spiro atoms. The van der Waals surface area contributed by atoms with Gasteiger partial charge in [-0.05, 0) is 0 Å². The molecule has 0 amide bonds. The Morgan fingerprint density at radius 1 is 1.85 bits per heavy atom. The van der Waals surface area contributed by atoms with Crippen LogP contribution in [-0.4, -0.2) is 28.4 Å². The molecule has 0 saturated heterocycles. The van der Waals surface area contributed by atoms with E-state index in [4.69, 9.17) is 10.5 Å². The van der Waals surface area contributed by atoms with Crippen molar-refractivity contribution in [2.24, 2.45) is 5.73 Å². The van der Waals surface area contributed by atoms with Gasteiger partial charge in [0.2, 0.25) is 0 Å². The lowest BCUT2D eigenvalue weighted by atomic mass is 10.5. The van der Waals surface area contributed by atoms with Crippen LogP contribution in [-0.2, 0) is 6.54 Å². The Bertz CT molecular complexity index is 309. The molecule has 72 valence electrons. The Morgan fingerprint density at radius 2 is 2.54 bits per heavy atom. The van der Waals surface area contributed by atoms with Gasteiger partial charge < -0.3 is 10.5 Å². The number of hydrogen-bond acceptors (Lipinski definition) is 5. The van der Waals surface area contributed by atoms with E-state index < -0.39 is 4.92 Å². The molecule has 1 rings (SSSR count). The second kappa shape index (κ2) is 3.85. The van der Waals surface area contributed by atoms with Gasteiger partial charge in [-0.3, -0.25) is 14.8 Å². The van der Waals surface area contributed by atoms with E-state index in [1.807, 2.05) is 0 Å². The Labute approximate surface area is 74.2 Å². The highest BCUT2D eigenvalue weighted by Crippen LogP contribution is 2.23. The van der Waals surface area contributed by atoms with Crippen LogP contribution in [0.2, 0.25) is 0 Å². The van der Waals surface area contributed by atoms with Crippen LogP contribution in [0.3, 0.4) is 0 Å². The van der Waals surface area contributed by atoms with Gasteiger partial charge in [-0.1, -0.05) is 0 Å². The molecule has 0 bridgehead atoms. The second-order valence-electron chi connectivity index (χ2n) is 2.33. The number of ether oxygens (including phenoxy) is 1. The lowest BCUT2D eigenvalue weighted by Crippen LogP contribution is -2.10. The fourth-order valence-electron chi connectivity index (χ4n) is 0.911. The molecule has 0 fully saturated rings. The molecule has 1 aromatic rings. The zero-order chi connectivity index (χ0) is 9.84. The molecular formula is C6H10N4O3. The number of aromatic nitrogens is 2. The van der Waals surface area contributed by atoms with Crippen molar-refractivity contribution in [2.75, 3.05) is 13.7 Å². The van der Waals surface area contributed by atoms with E-state index in [2.05, 4.69) is 5.10 Å². The number of hydrogen-bond donors (Lipinski definition) is 1. The van der Waals surface area contributed by atoms with Gasteiger partial charge in [0.25, 0.3) is 0 Å². The lowest BCUT2D eigenvalue weighted by Gasteiger charge is -1.93. The van der Waals surface area contributed by atoms with Gasteiger partial charge >= 0.3 is 11.6 Å². The molecular weight excluding hydrogens is 176 g/mol. The van der Waals surface area contributed by atoms with Gasteiger partial charge in [-0.25, -0.2) is 0 Å². The average molecular weight is 186 g/mol. The van der Waals surface area contributed by atoms with Gasteiger partial charge in [0.1, 0.15) is 6.20 Å². The van der Waals surface area contributed by atoms with E-state index in [0.717, 1.165) is 0 Å². The van der Waals surface area contributed by atoms with Crippen LogP contribution < -0.4 is 10.5 Å². The summed E-state index contributed by atoms with van der Waals surface area (Å²) in [6, 6.07) is 0. The Balaban J connectivity index is 2.97. The maximum absolute atomic E-state index is 10.4. The first-order valence-corrected chi connectivity index (χ1v) is 3.65. The summed E-state index contributed by atoms with van der Waals surface area (Å²) in [5, 5.41) is 14.3. The van der Waals surface area contributed by atoms with Crippen molar-refractivity contribution in [3.63, 3.8) is 0 Å². The molecule has 0 aromatic carbocycles. The van der Waals surface area contributed by atoms with E-state index in [-0.39, 0.29) is 11.6 Å². The van der Waals surface area contributed by atoms with Gasteiger partial charge in [0.15, 0.2) is 0 Å². The second-order valence-corrected chi connectivity index (χ2v) is 2.33. The van der Waals surface area contributed by atoms with Crippen LogP contribution in [0.1, 0.15) is 0 Å². The highest BCUT2D eigenvalue weighted by molar-refractivity contribution is 5.38. The van der Waals surface area contributed by atoms with Crippen LogP contribution in [0.5, 0.6) is 5.88 Å². The molecule has 0 unspecified atom stereocenters. The first kappa shape index (κ1) is 9.46. The lowest BCUT2D eigenvalue weighted by molar-refractivity contribution is -0.385. The number of nitro groups is 1. The third-order valence-electron chi connectivity index (χ3n) is 1.46. The van der Waals surface area contributed by atoms with Crippen LogP contribution in [0.15, 0.2) is 6.20 Å². The molecule has 7 heteroatoms. The van der Waals surface area contributed by atoms with E-state index in [1.165, 1.54) is 18.0 Å². The summed E-state index contributed by atoms with van der Waals surface area (Å²) < 4.78 is 6.11. The van der Waals surface area contributed by atoms with Crippen LogP contribution >= 0.6 is 0 Å². The molecule has 7 nitrogen and oxygen atoms in total. The number of methoxy groups -OCH3 is 1. The standard InChI is InChI=1S/C6H10N4O3/c1-13-6-5(10(11)12)4-9(8-6)3-2-7/h4H,2-3,7H2,1H3. The van der Waals surface area contributed by atoms with Crippen molar-refractivity contribution in [2.45, 2.75) is 6.54 Å². The third kappa shape index (κ3) is 1.94. The normalized spacial score (nSPS) is 10.0. The summed E-state index contributed by atoms with van der Waals surface area (Å²) in [7, 11) is 1.34. The summed E-state index contributed by atoms with van der Waals surface area (Å²) in [5.41, 5.74) is 5.12. The molecule has 0 aliphatic rings. The fraction of sp³-hybridized carbons (Fsp3) is 0.500. The molecule has 0 aliphatic heterocycles. The summed E-state index contributed by atoms with van der Waals surface area (Å²) in [6.07, 6.45) is 1.30. The molecule has 0 atom stereocenters. The van der Waals surface area contributed by atoms with Crippen molar-refractivity contribution >= 4 is 5.69 Å². The smallest absolute Gasteiger partial charge is 0.350 e. The van der Waals surface area contributed by atoms with E-state index >= 15 is 0 Å². The molecule has 0 radical (unpaired) electrons. The summed E-state index contributed by atoms with van der Waals surface area (Å²) in [6.45, 7) is 0.812. The zero-order valence-electron chi connectivity index (χ0n) is 7.14. The molecule has 2 N–H and O–H groups in total. The monoisotopic (exact) mass is 186 g/mol. The van der Waals surface area contributed by atoms with Crippen LogP contribution in [0, 0.1) is 10.1 Å². The van der Waals surface area contributed by atoms with Gasteiger partial charge in [-0.15, -0.1) is 5.10 Å². The number of nitrogens with two attached hydrogens (primary N) is 1. The van der Waals surface area contributed by atoms with Crippen LogP contribution in [0.4, 0.5) is 5.69 Å². The highest BCUT2D eigenvalue weighted by Gasteiger charge is 2.19. The maximum atomic E-state index is 10.4. The SMILES string of the molecule is COc1nn(CCN)cc1[N+](=O)[O-]. The Morgan fingerprint density at radius 3 is 2.92 bits per heavy atom. The minimum atomic E-state index is -0.543. The third-order valence-corrected chi connectivity index (χ3v) is 1.46. The van der Waals surface area contributed by atoms with Gasteiger partial charge in [0.05, 0.1) is 18.6 Å². The topological polar surface area (TPSA) is 96.2 Å². The largest absolute Gasteiger partial charge is 0.475 e. The number of rotatable bonds is 4. The van der Waals surface area contributed by atoms with Crippen molar-refractivity contribution in [3.8, 4) is 5.88 Å². The number of nitrogens with zero attached hydrogens (tertiary/aromatic N) is 3. The Hall–Kier alpha value is -1.63. The first-order valence-electron chi connectivity index (χ1n) is 3.65. The summed E-state index contributed by atoms with van der Waals surface area (Å²) in [5.74, 6) is 0.0125. The van der Waals surface area contributed by atoms with Crippen LogP contribution in [0.25, 0.3) is 0 Å². The predicted molar refractivity (Wildman–Crippen MR) is 44.5 cm³/mol. The quantitative estimate of drug-likeness (QED) is 0.517. The van der Waals surface area contributed by atoms with Crippen molar-refractivity contribution < 1.29 is 9.66 Å². The molecule has 0 aliphatic carbocycles. The van der Waals surface area contributed by atoms with E-state index in [1.54, 1.807) is 0 Å². The summed E-state index contributed by atoms with van der Waals surface area (Å²) >= 11 is 0. The fourth-order valence-corrected chi connectivity index (χ4v) is 0.911. The maximum Gasteiger partial charge on any atom is 0.350 e. The van der Waals surface area contributed by atoms with Crippen molar-refractivity contribution in [1.82, 2.24) is 9.78 Å². The van der Waals surface area contributed by atoms with Crippen molar-refractivity contribution in [1.29, 1.82) is 0 Å². The minimum absolute atomic E-state index is 0.0125. The predicted octanol–water partition coefficient (Wildman–Crippen LogP) is -0.241. The Kier molecular flexibility index (Phi) is 2.80. The van der Waals surface area contributed by atoms with Gasteiger partial charge in [-0.2, -0.15) is 0 Å². The first-order chi connectivity index (χ1) is 6.19. The highest BCUT2D eigenvalue weighted by atomic mass is 16.6. The summed E-state index contributed by atoms with van der Waals surface area (Å²) in [4.78, 5) is 9.90. The minimum Gasteiger partial charge on any atom is -0.475 e. The van der Waals surface area contributed by atoms with E-state index in [9.17, 15) is 10.1 Å². The molecule has 0 saturated carbocycles.